The number of rotatable bonds is 12. The number of hydrogen-bond acceptors (Lipinski definition) is 4. The van der Waals surface area contributed by atoms with Gasteiger partial charge < -0.3 is 20.1 Å². The summed E-state index contributed by atoms with van der Waals surface area (Å²) in [4.78, 5) is 38.7. The molecule has 0 bridgehead atoms. The van der Waals surface area contributed by atoms with E-state index in [9.17, 15) is 14.4 Å². The molecule has 3 rings (SSSR count). The fourth-order valence-corrected chi connectivity index (χ4v) is 4.67. The molecule has 1 aliphatic carbocycles. The molecule has 2 aromatic rings. The van der Waals surface area contributed by atoms with Gasteiger partial charge in [-0.05, 0) is 48.9 Å². The Bertz CT molecular complexity index is 990. The molecule has 0 aromatic heterocycles. The first-order chi connectivity index (χ1) is 16.8. The topological polar surface area (TPSA) is 95.9 Å². The molecule has 0 fully saturated rings. The fraction of sp³-hybridized carbons (Fsp3) is 0.464. The minimum absolute atomic E-state index is 0.00403. The van der Waals surface area contributed by atoms with Crippen molar-refractivity contribution in [2.24, 2.45) is 0 Å². The number of carbonyl (C=O) groups is 3. The Hall–Kier alpha value is -3.35. The van der Waals surface area contributed by atoms with Crippen molar-refractivity contribution < 1.29 is 24.2 Å². The molecular weight excluding hydrogens is 444 g/mol. The van der Waals surface area contributed by atoms with Crippen LogP contribution in [-0.2, 0) is 14.3 Å². The minimum Gasteiger partial charge on any atom is -0.481 e. The molecule has 35 heavy (non-hydrogen) atoms. The van der Waals surface area contributed by atoms with E-state index in [0.29, 0.717) is 19.4 Å². The van der Waals surface area contributed by atoms with Crippen LogP contribution in [0.4, 0.5) is 4.79 Å². The smallest absolute Gasteiger partial charge is 0.407 e. The Kier molecular flexibility index (Phi) is 9.29. The van der Waals surface area contributed by atoms with Gasteiger partial charge in [-0.25, -0.2) is 4.79 Å². The van der Waals surface area contributed by atoms with Gasteiger partial charge in [0, 0.05) is 24.9 Å². The molecule has 0 saturated heterocycles. The molecule has 2 amide bonds. The summed E-state index contributed by atoms with van der Waals surface area (Å²) in [6.45, 7) is 6.33. The summed E-state index contributed by atoms with van der Waals surface area (Å²) >= 11 is 0. The normalized spacial score (nSPS) is 13.1. The second-order valence-electron chi connectivity index (χ2n) is 9.29. The lowest BCUT2D eigenvalue weighted by atomic mass is 9.98. The van der Waals surface area contributed by atoms with Crippen molar-refractivity contribution in [1.29, 1.82) is 0 Å². The number of fused-ring (bicyclic) bond motifs is 3. The predicted octanol–water partition coefficient (Wildman–Crippen LogP) is 5.19. The Morgan fingerprint density at radius 2 is 1.60 bits per heavy atom. The molecule has 2 N–H and O–H groups in total. The zero-order valence-corrected chi connectivity index (χ0v) is 20.8. The molecule has 0 spiro atoms. The average Bonchev–Trinajstić information content (AvgIpc) is 3.16. The number of ether oxygens (including phenoxy) is 1. The van der Waals surface area contributed by atoms with Crippen LogP contribution in [0.2, 0.25) is 0 Å². The van der Waals surface area contributed by atoms with Gasteiger partial charge in [-0.1, -0.05) is 68.3 Å². The Morgan fingerprint density at radius 3 is 2.14 bits per heavy atom. The second kappa shape index (κ2) is 12.4. The SMILES string of the molecule is CCCCC(NC(=O)OCC1c2ccccc2-c2ccccc21)C(=O)N(CCCC(=O)O)C(C)C. The van der Waals surface area contributed by atoms with Crippen LogP contribution < -0.4 is 5.32 Å². The van der Waals surface area contributed by atoms with Gasteiger partial charge >= 0.3 is 12.1 Å². The molecule has 0 heterocycles. The molecule has 188 valence electrons. The third kappa shape index (κ3) is 6.62. The zero-order valence-electron chi connectivity index (χ0n) is 20.8. The van der Waals surface area contributed by atoms with Gasteiger partial charge in [0.25, 0.3) is 0 Å². The molecular formula is C28H36N2O5. The van der Waals surface area contributed by atoms with E-state index in [2.05, 4.69) is 29.6 Å². The lowest BCUT2D eigenvalue weighted by molar-refractivity contribution is -0.139. The third-order valence-electron chi connectivity index (χ3n) is 6.48. The highest BCUT2D eigenvalue weighted by molar-refractivity contribution is 5.86. The molecule has 0 radical (unpaired) electrons. The van der Waals surface area contributed by atoms with Crippen molar-refractivity contribution in [1.82, 2.24) is 10.2 Å². The maximum atomic E-state index is 13.3. The molecule has 1 unspecified atom stereocenters. The quantitative estimate of drug-likeness (QED) is 0.436. The number of carboxylic acid groups (broad SMARTS) is 1. The maximum Gasteiger partial charge on any atom is 0.407 e. The van der Waals surface area contributed by atoms with Crippen LogP contribution in [-0.4, -0.2) is 53.2 Å². The number of alkyl carbamates (subject to hydrolysis) is 1. The molecule has 0 saturated carbocycles. The fourth-order valence-electron chi connectivity index (χ4n) is 4.67. The van der Waals surface area contributed by atoms with Crippen LogP contribution >= 0.6 is 0 Å². The second-order valence-corrected chi connectivity index (χ2v) is 9.29. The number of unbranched alkanes of at least 4 members (excludes halogenated alkanes) is 1. The minimum atomic E-state index is -0.888. The van der Waals surface area contributed by atoms with E-state index in [1.54, 1.807) is 4.90 Å². The van der Waals surface area contributed by atoms with Crippen LogP contribution in [0.25, 0.3) is 11.1 Å². The lowest BCUT2D eigenvalue weighted by Crippen LogP contribution is -2.51. The number of hydrogen-bond donors (Lipinski definition) is 2. The van der Waals surface area contributed by atoms with Crippen molar-refractivity contribution in [2.45, 2.75) is 70.9 Å². The van der Waals surface area contributed by atoms with Gasteiger partial charge in [-0.15, -0.1) is 0 Å². The first-order valence-electron chi connectivity index (χ1n) is 12.5. The van der Waals surface area contributed by atoms with E-state index in [4.69, 9.17) is 9.84 Å². The predicted molar refractivity (Wildman–Crippen MR) is 135 cm³/mol. The number of carboxylic acids is 1. The first kappa shape index (κ1) is 26.3. The molecule has 1 aliphatic rings. The van der Waals surface area contributed by atoms with E-state index in [-0.39, 0.29) is 30.9 Å². The van der Waals surface area contributed by atoms with Crippen LogP contribution in [0.3, 0.4) is 0 Å². The van der Waals surface area contributed by atoms with Gasteiger partial charge in [0.1, 0.15) is 12.6 Å². The highest BCUT2D eigenvalue weighted by atomic mass is 16.5. The van der Waals surface area contributed by atoms with Crippen LogP contribution in [0.1, 0.15) is 69.9 Å². The number of carbonyl (C=O) groups excluding carboxylic acids is 2. The average molecular weight is 481 g/mol. The summed E-state index contributed by atoms with van der Waals surface area (Å²) in [5, 5.41) is 11.7. The van der Waals surface area contributed by atoms with Crippen molar-refractivity contribution in [3.05, 3.63) is 59.7 Å². The van der Waals surface area contributed by atoms with E-state index in [1.165, 1.54) is 0 Å². The van der Waals surface area contributed by atoms with Gasteiger partial charge in [-0.2, -0.15) is 0 Å². The van der Waals surface area contributed by atoms with E-state index >= 15 is 0 Å². The Balaban J connectivity index is 1.66. The molecule has 1 atom stereocenters. The molecule has 7 heteroatoms. The third-order valence-corrected chi connectivity index (χ3v) is 6.48. The van der Waals surface area contributed by atoms with E-state index < -0.39 is 18.1 Å². The summed E-state index contributed by atoms with van der Waals surface area (Å²) in [6.07, 6.45) is 1.91. The standard InChI is InChI=1S/C28H36N2O5/c1-4-5-15-25(27(33)30(19(2)3)17-10-16-26(31)32)29-28(34)35-18-24-22-13-8-6-11-20(22)21-12-7-9-14-23(21)24/h6-9,11-14,19,24-25H,4-5,10,15-18H2,1-3H3,(H,29,34)(H,31,32). The van der Waals surface area contributed by atoms with Crippen molar-refractivity contribution in [2.75, 3.05) is 13.2 Å². The van der Waals surface area contributed by atoms with Crippen molar-refractivity contribution in [3.8, 4) is 11.1 Å². The van der Waals surface area contributed by atoms with Gasteiger partial charge in [0.2, 0.25) is 5.91 Å². The zero-order chi connectivity index (χ0) is 25.4. The van der Waals surface area contributed by atoms with Crippen molar-refractivity contribution >= 4 is 18.0 Å². The Labute approximate surface area is 207 Å². The monoisotopic (exact) mass is 480 g/mol. The molecule has 7 nitrogen and oxygen atoms in total. The number of amides is 2. The largest absolute Gasteiger partial charge is 0.481 e. The maximum absolute atomic E-state index is 13.3. The Morgan fingerprint density at radius 1 is 1.00 bits per heavy atom. The van der Waals surface area contributed by atoms with E-state index in [0.717, 1.165) is 35.1 Å². The molecule has 2 aromatic carbocycles. The molecule has 0 aliphatic heterocycles. The van der Waals surface area contributed by atoms with Crippen molar-refractivity contribution in [3.63, 3.8) is 0 Å². The number of benzene rings is 2. The van der Waals surface area contributed by atoms with Gasteiger partial charge in [0.05, 0.1) is 0 Å². The van der Waals surface area contributed by atoms with Crippen LogP contribution in [0.5, 0.6) is 0 Å². The first-order valence-corrected chi connectivity index (χ1v) is 12.5. The highest BCUT2D eigenvalue weighted by Gasteiger charge is 2.31. The summed E-state index contributed by atoms with van der Waals surface area (Å²) < 4.78 is 5.65. The lowest BCUT2D eigenvalue weighted by Gasteiger charge is -2.31. The van der Waals surface area contributed by atoms with Gasteiger partial charge in [0.15, 0.2) is 0 Å². The number of nitrogens with one attached hydrogen (secondary N) is 1. The van der Waals surface area contributed by atoms with Crippen LogP contribution in [0, 0.1) is 0 Å². The summed E-state index contributed by atoms with van der Waals surface area (Å²) in [5.74, 6) is -1.14. The summed E-state index contributed by atoms with van der Waals surface area (Å²) in [7, 11) is 0. The summed E-state index contributed by atoms with van der Waals surface area (Å²) in [5.41, 5.74) is 4.57. The van der Waals surface area contributed by atoms with Crippen LogP contribution in [0.15, 0.2) is 48.5 Å². The number of aliphatic carboxylic acids is 1. The number of nitrogens with zero attached hydrogens (tertiary/aromatic N) is 1. The highest BCUT2D eigenvalue weighted by Crippen LogP contribution is 2.44. The van der Waals surface area contributed by atoms with Gasteiger partial charge in [-0.3, -0.25) is 9.59 Å². The van der Waals surface area contributed by atoms with E-state index in [1.807, 2.05) is 45.0 Å². The summed E-state index contributed by atoms with van der Waals surface area (Å²) in [6, 6.07) is 15.5.